The Bertz CT molecular complexity index is 830. The summed E-state index contributed by atoms with van der Waals surface area (Å²) in [7, 11) is 0. The van der Waals surface area contributed by atoms with Gasteiger partial charge in [0, 0.05) is 50.2 Å². The summed E-state index contributed by atoms with van der Waals surface area (Å²) in [6, 6.07) is -0.123. The third kappa shape index (κ3) is 22.0. The Morgan fingerprint density at radius 3 is 1.86 bits per heavy atom. The molecule has 0 saturated carbocycles. The highest BCUT2D eigenvalue weighted by Crippen LogP contribution is 2.33. The summed E-state index contributed by atoms with van der Waals surface area (Å²) < 4.78 is 6.01. The fourth-order valence-corrected chi connectivity index (χ4v) is 4.60. The van der Waals surface area contributed by atoms with E-state index in [4.69, 9.17) is 9.57 Å². The number of nitrogens with zero attached hydrogens (tertiary/aromatic N) is 1. The van der Waals surface area contributed by atoms with Gasteiger partial charge in [0.1, 0.15) is 19.8 Å². The Labute approximate surface area is 260 Å². The Morgan fingerprint density at radius 1 is 0.791 bits per heavy atom. The largest absolute Gasteiger partial charge is 0.375 e. The van der Waals surface area contributed by atoms with Gasteiger partial charge in [0.2, 0.25) is 23.6 Å². The Hall–Kier alpha value is -2.28. The number of hydroxylamine groups is 1. The minimum atomic E-state index is -0.420. The van der Waals surface area contributed by atoms with E-state index in [1.54, 1.807) is 0 Å². The van der Waals surface area contributed by atoms with E-state index in [1.807, 2.05) is 55.4 Å². The summed E-state index contributed by atoms with van der Waals surface area (Å²) in [4.78, 5) is 56.3. The van der Waals surface area contributed by atoms with E-state index in [0.717, 1.165) is 12.8 Å². The number of amides is 4. The van der Waals surface area contributed by atoms with E-state index in [1.165, 1.54) is 4.90 Å². The molecule has 0 aromatic carbocycles. The van der Waals surface area contributed by atoms with Crippen molar-refractivity contribution >= 4 is 23.6 Å². The molecule has 0 saturated heterocycles. The topological polar surface area (TPSA) is 150 Å². The van der Waals surface area contributed by atoms with Crippen LogP contribution in [0.4, 0.5) is 0 Å². The molecule has 12 nitrogen and oxygen atoms in total. The van der Waals surface area contributed by atoms with E-state index in [9.17, 15) is 19.2 Å². The van der Waals surface area contributed by atoms with Crippen LogP contribution in [0.2, 0.25) is 0 Å². The number of ether oxygens (including phenoxy) is 1. The molecule has 5 N–H and O–H groups in total. The molecule has 0 aliphatic carbocycles. The molecule has 0 spiro atoms. The quantitative estimate of drug-likeness (QED) is 0.0709. The zero-order chi connectivity index (χ0) is 33.3. The monoisotopic (exact) mass is 614 g/mol. The van der Waals surface area contributed by atoms with Crippen LogP contribution >= 0.6 is 0 Å². The van der Waals surface area contributed by atoms with Crippen LogP contribution in [0.15, 0.2) is 0 Å². The minimum absolute atomic E-state index is 0.0614. The summed E-state index contributed by atoms with van der Waals surface area (Å²) >= 11 is 0. The van der Waals surface area contributed by atoms with Crippen molar-refractivity contribution in [1.29, 1.82) is 0 Å². The first-order valence-corrected chi connectivity index (χ1v) is 15.6. The Morgan fingerprint density at radius 2 is 1.35 bits per heavy atom. The van der Waals surface area contributed by atoms with Crippen molar-refractivity contribution in [2.75, 3.05) is 46.1 Å². The van der Waals surface area contributed by atoms with Crippen molar-refractivity contribution in [1.82, 2.24) is 31.6 Å². The molecule has 0 aliphatic rings. The maximum Gasteiger partial charge on any atom is 0.239 e. The molecule has 0 atom stereocenters. The van der Waals surface area contributed by atoms with Crippen molar-refractivity contribution in [2.45, 2.75) is 120 Å². The molecule has 0 radical (unpaired) electrons. The van der Waals surface area contributed by atoms with E-state index in [2.05, 4.69) is 47.5 Å². The van der Waals surface area contributed by atoms with Crippen molar-refractivity contribution in [3.8, 4) is 0 Å². The second kappa shape index (κ2) is 19.9. The van der Waals surface area contributed by atoms with Crippen LogP contribution in [0, 0.1) is 10.8 Å². The SMILES string of the molecule is CC(C)NC(=O)CN(CC(=O)NC(C)C)C(=O)CCNCONCCCOC(C)(C)CCNC(=O)C(C)(C)CC(C)(C)C. The van der Waals surface area contributed by atoms with Gasteiger partial charge in [0.25, 0.3) is 0 Å². The lowest BCUT2D eigenvalue weighted by atomic mass is 9.75. The molecule has 43 heavy (non-hydrogen) atoms. The van der Waals surface area contributed by atoms with Gasteiger partial charge in [-0.25, -0.2) is 5.48 Å². The number of rotatable bonds is 22. The van der Waals surface area contributed by atoms with Gasteiger partial charge in [-0.1, -0.05) is 34.6 Å². The van der Waals surface area contributed by atoms with Crippen LogP contribution in [0.25, 0.3) is 0 Å². The van der Waals surface area contributed by atoms with E-state index in [-0.39, 0.29) is 73.0 Å². The molecule has 12 heteroatoms. The van der Waals surface area contributed by atoms with Gasteiger partial charge in [-0.05, 0) is 66.2 Å². The summed E-state index contributed by atoms with van der Waals surface area (Å²) in [5.74, 6) is -0.851. The van der Waals surface area contributed by atoms with Gasteiger partial charge < -0.3 is 25.6 Å². The number of carbonyl (C=O) groups is 4. The summed E-state index contributed by atoms with van der Waals surface area (Å²) in [5.41, 5.74) is 2.16. The lowest BCUT2D eigenvalue weighted by molar-refractivity contribution is -0.139. The fraction of sp³-hybridized carbons (Fsp3) is 0.871. The van der Waals surface area contributed by atoms with Gasteiger partial charge >= 0.3 is 0 Å². The van der Waals surface area contributed by atoms with Crippen molar-refractivity contribution < 1.29 is 28.8 Å². The second-order valence-corrected chi connectivity index (χ2v) is 14.2. The Balaban J connectivity index is 4.20. The smallest absolute Gasteiger partial charge is 0.239 e. The third-order valence-corrected chi connectivity index (χ3v) is 6.23. The first-order chi connectivity index (χ1) is 19.7. The van der Waals surface area contributed by atoms with Crippen molar-refractivity contribution in [3.05, 3.63) is 0 Å². The Kier molecular flexibility index (Phi) is 18.8. The summed E-state index contributed by atoms with van der Waals surface area (Å²) in [5, 5.41) is 11.6. The zero-order valence-electron chi connectivity index (χ0n) is 28.8. The molecule has 0 aromatic rings. The maximum atomic E-state index is 12.7. The average molecular weight is 615 g/mol. The molecule has 0 heterocycles. The van der Waals surface area contributed by atoms with Gasteiger partial charge in [-0.15, -0.1) is 0 Å². The van der Waals surface area contributed by atoms with E-state index >= 15 is 0 Å². The van der Waals surface area contributed by atoms with Crippen molar-refractivity contribution in [2.24, 2.45) is 10.8 Å². The van der Waals surface area contributed by atoms with Crippen molar-refractivity contribution in [3.63, 3.8) is 0 Å². The predicted octanol–water partition coefficient (Wildman–Crippen LogP) is 2.48. The minimum Gasteiger partial charge on any atom is -0.375 e. The van der Waals surface area contributed by atoms with Crippen LogP contribution in [0.1, 0.15) is 102 Å². The third-order valence-electron chi connectivity index (χ3n) is 6.23. The van der Waals surface area contributed by atoms with E-state index in [0.29, 0.717) is 32.7 Å². The lowest BCUT2D eigenvalue weighted by Crippen LogP contribution is -2.48. The highest BCUT2D eigenvalue weighted by Gasteiger charge is 2.32. The lowest BCUT2D eigenvalue weighted by Gasteiger charge is -2.32. The molecule has 0 fully saturated rings. The normalized spacial score (nSPS) is 12.4. The molecule has 0 aromatic heterocycles. The van der Waals surface area contributed by atoms with Crippen LogP contribution in [-0.2, 0) is 28.8 Å². The molecule has 0 unspecified atom stereocenters. The molecule has 0 aliphatic heterocycles. The number of hydrogen-bond donors (Lipinski definition) is 5. The van der Waals surface area contributed by atoms with Gasteiger partial charge in [-0.3, -0.25) is 29.3 Å². The first kappa shape index (κ1) is 40.7. The van der Waals surface area contributed by atoms with Crippen LogP contribution in [0.3, 0.4) is 0 Å². The van der Waals surface area contributed by atoms with Gasteiger partial charge in [0.15, 0.2) is 0 Å². The van der Waals surface area contributed by atoms with Gasteiger partial charge in [-0.2, -0.15) is 0 Å². The first-order valence-electron chi connectivity index (χ1n) is 15.6. The molecule has 0 rings (SSSR count). The molecular formula is C31H62N6O6. The molecular weight excluding hydrogens is 552 g/mol. The predicted molar refractivity (Wildman–Crippen MR) is 170 cm³/mol. The molecule has 0 bridgehead atoms. The maximum absolute atomic E-state index is 12.7. The van der Waals surface area contributed by atoms with Crippen LogP contribution in [0.5, 0.6) is 0 Å². The fourth-order valence-electron chi connectivity index (χ4n) is 4.60. The van der Waals surface area contributed by atoms with Crippen LogP contribution < -0.4 is 26.7 Å². The zero-order valence-corrected chi connectivity index (χ0v) is 28.8. The summed E-state index contributed by atoms with van der Waals surface area (Å²) in [6.45, 7) is 23.6. The number of hydrogen-bond acceptors (Lipinski definition) is 8. The number of carbonyl (C=O) groups excluding carboxylic acids is 4. The average Bonchev–Trinajstić information content (AvgIpc) is 2.81. The standard InChI is InChI=1S/C31H62N6O6/c1-23(2)35-25(38)19-37(20-26(39)36-24(3)4)27(40)13-16-32-22-43-34-15-12-18-42-31(10,11)14-17-33-28(41)30(8,9)21-29(5,6)7/h23-24,32,34H,12-22H2,1-11H3,(H,33,41)(H,35,38)(H,36,39). The number of nitrogens with one attached hydrogen (secondary N) is 5. The molecule has 252 valence electrons. The summed E-state index contributed by atoms with van der Waals surface area (Å²) in [6.07, 6.45) is 2.37. The second-order valence-electron chi connectivity index (χ2n) is 14.2. The van der Waals surface area contributed by atoms with Gasteiger partial charge in [0.05, 0.1) is 5.60 Å². The van der Waals surface area contributed by atoms with E-state index < -0.39 is 5.41 Å². The highest BCUT2D eigenvalue weighted by molar-refractivity contribution is 5.89. The highest BCUT2D eigenvalue weighted by atomic mass is 16.7. The van der Waals surface area contributed by atoms with Crippen LogP contribution in [-0.4, -0.2) is 92.3 Å². The molecule has 4 amide bonds.